The summed E-state index contributed by atoms with van der Waals surface area (Å²) in [6, 6.07) is 21.0. The lowest BCUT2D eigenvalue weighted by Crippen LogP contribution is -2.16. The fourth-order valence-electron chi connectivity index (χ4n) is 3.04. The minimum Gasteiger partial charge on any atom is -0.488 e. The lowest BCUT2D eigenvalue weighted by Gasteiger charge is -2.09. The van der Waals surface area contributed by atoms with E-state index in [0.717, 1.165) is 5.56 Å². The van der Waals surface area contributed by atoms with Gasteiger partial charge in [-0.25, -0.2) is 5.43 Å². The van der Waals surface area contributed by atoms with Gasteiger partial charge >= 0.3 is 5.91 Å². The number of rotatable bonds is 7. The number of ether oxygens (including phenoxy) is 1. The average Bonchev–Trinajstić information content (AvgIpc) is 3.23. The summed E-state index contributed by atoms with van der Waals surface area (Å²) in [5, 5.41) is 15.3. The number of para-hydroxylation sites is 1. The highest BCUT2D eigenvalue weighted by Gasteiger charge is 2.14. The third-order valence-electron chi connectivity index (χ3n) is 4.74. The third-order valence-corrected chi connectivity index (χ3v) is 4.74. The van der Waals surface area contributed by atoms with Crippen LogP contribution in [0.4, 0.5) is 5.69 Å². The molecular formula is C24H19N3O5. The van der Waals surface area contributed by atoms with E-state index in [1.54, 1.807) is 0 Å². The molecule has 0 bridgehead atoms. The zero-order chi connectivity index (χ0) is 22.5. The van der Waals surface area contributed by atoms with Crippen molar-refractivity contribution in [2.45, 2.75) is 13.5 Å². The molecule has 0 saturated heterocycles. The first kappa shape index (κ1) is 20.8. The van der Waals surface area contributed by atoms with Crippen LogP contribution < -0.4 is 10.2 Å². The van der Waals surface area contributed by atoms with Crippen molar-refractivity contribution in [2.24, 2.45) is 5.10 Å². The van der Waals surface area contributed by atoms with Crippen molar-refractivity contribution in [1.82, 2.24) is 5.43 Å². The number of non-ortho nitro benzene ring substituents is 1. The van der Waals surface area contributed by atoms with Crippen molar-refractivity contribution in [3.63, 3.8) is 0 Å². The molecule has 1 amide bonds. The predicted molar refractivity (Wildman–Crippen MR) is 120 cm³/mol. The Bertz CT molecular complexity index is 1310. The number of nitro benzene ring substituents is 1. The molecule has 0 atom stereocenters. The largest absolute Gasteiger partial charge is 0.488 e. The van der Waals surface area contributed by atoms with Gasteiger partial charge in [-0.05, 0) is 36.8 Å². The molecule has 3 aromatic carbocycles. The molecule has 0 radical (unpaired) electrons. The number of nitrogens with one attached hydrogen (secondary N) is 1. The summed E-state index contributed by atoms with van der Waals surface area (Å²) in [7, 11) is 0. The van der Waals surface area contributed by atoms with Crippen LogP contribution in [0, 0.1) is 17.0 Å². The number of benzene rings is 3. The van der Waals surface area contributed by atoms with Gasteiger partial charge in [-0.3, -0.25) is 14.9 Å². The molecule has 0 spiro atoms. The van der Waals surface area contributed by atoms with E-state index in [2.05, 4.69) is 10.5 Å². The molecule has 4 aromatic rings. The summed E-state index contributed by atoms with van der Waals surface area (Å²) in [6.07, 6.45) is 1.48. The number of aryl methyl sites for hydroxylation is 1. The zero-order valence-corrected chi connectivity index (χ0v) is 17.1. The Morgan fingerprint density at radius 2 is 1.91 bits per heavy atom. The van der Waals surface area contributed by atoms with Crippen LogP contribution in [0.2, 0.25) is 0 Å². The number of hydrogen-bond acceptors (Lipinski definition) is 6. The summed E-state index contributed by atoms with van der Waals surface area (Å²) < 4.78 is 11.4. The van der Waals surface area contributed by atoms with E-state index in [1.807, 2.05) is 55.5 Å². The number of carbonyl (C=O) groups is 1. The molecule has 0 aliphatic rings. The van der Waals surface area contributed by atoms with Crippen LogP contribution in [0.25, 0.3) is 11.0 Å². The van der Waals surface area contributed by atoms with Crippen molar-refractivity contribution < 1.29 is 18.9 Å². The van der Waals surface area contributed by atoms with Crippen LogP contribution in [-0.4, -0.2) is 17.0 Å². The van der Waals surface area contributed by atoms with Gasteiger partial charge in [0.1, 0.15) is 17.9 Å². The van der Waals surface area contributed by atoms with E-state index < -0.39 is 10.8 Å². The van der Waals surface area contributed by atoms with Gasteiger partial charge in [0.05, 0.1) is 11.1 Å². The van der Waals surface area contributed by atoms with Crippen molar-refractivity contribution in [2.75, 3.05) is 0 Å². The first-order valence-corrected chi connectivity index (χ1v) is 9.78. The Morgan fingerprint density at radius 3 is 2.69 bits per heavy atom. The minimum atomic E-state index is -0.571. The first-order valence-electron chi connectivity index (χ1n) is 9.78. The molecule has 0 saturated carbocycles. The minimum absolute atomic E-state index is 0.00144. The van der Waals surface area contributed by atoms with Crippen molar-refractivity contribution in [3.05, 3.63) is 105 Å². The lowest BCUT2D eigenvalue weighted by molar-refractivity contribution is -0.384. The Labute approximate surface area is 183 Å². The van der Waals surface area contributed by atoms with Gasteiger partial charge < -0.3 is 9.15 Å². The molecule has 1 aromatic heterocycles. The summed E-state index contributed by atoms with van der Waals surface area (Å²) in [5.74, 6) is 0.0573. The number of carbonyl (C=O) groups excluding carboxylic acids is 1. The topological polar surface area (TPSA) is 107 Å². The number of furan rings is 1. The Hall–Kier alpha value is -4.46. The van der Waals surface area contributed by atoms with Crippen LogP contribution >= 0.6 is 0 Å². The van der Waals surface area contributed by atoms with Gasteiger partial charge in [-0.1, -0.05) is 42.0 Å². The second-order valence-electron chi connectivity index (χ2n) is 7.10. The molecule has 0 unspecified atom stereocenters. The molecular weight excluding hydrogens is 410 g/mol. The molecule has 160 valence electrons. The number of nitro groups is 1. The van der Waals surface area contributed by atoms with E-state index in [-0.39, 0.29) is 11.4 Å². The Kier molecular flexibility index (Phi) is 5.94. The fraction of sp³-hybridized carbons (Fsp3) is 0.0833. The summed E-state index contributed by atoms with van der Waals surface area (Å²) in [4.78, 5) is 22.8. The summed E-state index contributed by atoms with van der Waals surface area (Å²) in [5.41, 5.74) is 5.61. The van der Waals surface area contributed by atoms with Crippen molar-refractivity contribution in [3.8, 4) is 5.75 Å². The Morgan fingerprint density at radius 1 is 1.12 bits per heavy atom. The molecule has 32 heavy (non-hydrogen) atoms. The van der Waals surface area contributed by atoms with Gasteiger partial charge in [0, 0.05) is 23.1 Å². The van der Waals surface area contributed by atoms with Crippen LogP contribution in [0.5, 0.6) is 5.75 Å². The molecule has 8 nitrogen and oxygen atoms in total. The van der Waals surface area contributed by atoms with E-state index in [1.165, 1.54) is 36.0 Å². The number of amides is 1. The fourth-order valence-corrected chi connectivity index (χ4v) is 3.04. The standard InChI is InChI=1S/C24H19N3O5/c1-16-6-8-17(9-7-16)15-31-21-5-3-2-4-18(21)14-25-26-24(28)23-13-19-12-20(27(29)30)10-11-22(19)32-23/h2-14H,15H2,1H3,(H,26,28)/b25-14-. The molecule has 0 aliphatic heterocycles. The van der Waals surface area contributed by atoms with Crippen molar-refractivity contribution in [1.29, 1.82) is 0 Å². The van der Waals surface area contributed by atoms with E-state index in [9.17, 15) is 14.9 Å². The highest BCUT2D eigenvalue weighted by Crippen LogP contribution is 2.24. The molecule has 4 rings (SSSR count). The zero-order valence-electron chi connectivity index (χ0n) is 17.1. The monoisotopic (exact) mass is 429 g/mol. The van der Waals surface area contributed by atoms with E-state index in [4.69, 9.17) is 9.15 Å². The molecule has 1 heterocycles. The van der Waals surface area contributed by atoms with Gasteiger partial charge in [-0.15, -0.1) is 0 Å². The second-order valence-corrected chi connectivity index (χ2v) is 7.10. The molecule has 1 N–H and O–H groups in total. The normalized spacial score (nSPS) is 11.0. The maximum atomic E-state index is 12.4. The van der Waals surface area contributed by atoms with Gasteiger partial charge in [0.15, 0.2) is 5.76 Å². The maximum Gasteiger partial charge on any atom is 0.307 e. The van der Waals surface area contributed by atoms with Crippen LogP contribution in [-0.2, 0) is 6.61 Å². The SMILES string of the molecule is Cc1ccc(COc2ccccc2/C=N\NC(=O)c2cc3cc([N+](=O)[O-])ccc3o2)cc1. The van der Waals surface area contributed by atoms with Crippen molar-refractivity contribution >= 4 is 28.8 Å². The van der Waals surface area contributed by atoms with Crippen LogP contribution in [0.1, 0.15) is 27.2 Å². The highest BCUT2D eigenvalue weighted by molar-refractivity contribution is 5.97. The highest BCUT2D eigenvalue weighted by atomic mass is 16.6. The van der Waals surface area contributed by atoms with Crippen LogP contribution in [0.3, 0.4) is 0 Å². The van der Waals surface area contributed by atoms with Crippen LogP contribution in [0.15, 0.2) is 82.3 Å². The summed E-state index contributed by atoms with van der Waals surface area (Å²) in [6.45, 7) is 2.43. The summed E-state index contributed by atoms with van der Waals surface area (Å²) >= 11 is 0. The van der Waals surface area contributed by atoms with E-state index in [0.29, 0.717) is 28.9 Å². The molecule has 0 aliphatic carbocycles. The predicted octanol–water partition coefficient (Wildman–Crippen LogP) is 4.99. The number of fused-ring (bicyclic) bond motifs is 1. The first-order chi connectivity index (χ1) is 15.5. The second kappa shape index (κ2) is 9.13. The number of nitrogens with zero attached hydrogens (tertiary/aromatic N) is 2. The van der Waals surface area contributed by atoms with Gasteiger partial charge in [0.2, 0.25) is 0 Å². The molecule has 8 heteroatoms. The maximum absolute atomic E-state index is 12.4. The van der Waals surface area contributed by atoms with E-state index >= 15 is 0 Å². The lowest BCUT2D eigenvalue weighted by atomic mass is 10.1. The average molecular weight is 429 g/mol. The molecule has 0 fully saturated rings. The quantitative estimate of drug-likeness (QED) is 0.253. The number of hydrazone groups is 1. The van der Waals surface area contributed by atoms with Gasteiger partial charge in [-0.2, -0.15) is 5.10 Å². The number of hydrogen-bond donors (Lipinski definition) is 1. The Balaban J connectivity index is 1.42. The third kappa shape index (κ3) is 4.81. The smallest absolute Gasteiger partial charge is 0.307 e. The van der Waals surface area contributed by atoms with Gasteiger partial charge in [0.25, 0.3) is 5.69 Å².